The quantitative estimate of drug-likeness (QED) is 0.317. The van der Waals surface area contributed by atoms with E-state index in [1.807, 2.05) is 0 Å². The van der Waals surface area contributed by atoms with Gasteiger partial charge in [-0.15, -0.1) is 0 Å². The lowest BCUT2D eigenvalue weighted by Crippen LogP contribution is -2.60. The molecule has 11 heteroatoms. The van der Waals surface area contributed by atoms with Gasteiger partial charge in [0.1, 0.15) is 0 Å². The molecule has 6 rings (SSSR count). The molecule has 0 heterocycles. The Morgan fingerprint density at radius 3 is 2.25 bits per heavy atom. The van der Waals surface area contributed by atoms with Crippen LogP contribution in [-0.2, 0) is 14.8 Å². The molecule has 198 valence electrons. The predicted molar refractivity (Wildman–Crippen MR) is 134 cm³/mol. The Bertz CT molecular complexity index is 1140. The number of nitrogens with one attached hydrogen (secondary N) is 3. The summed E-state index contributed by atoms with van der Waals surface area (Å²) in [6, 6.07) is 5.48. The first-order valence-electron chi connectivity index (χ1n) is 12.8. The second-order valence-electron chi connectivity index (χ2n) is 12.1. The van der Waals surface area contributed by atoms with Crippen molar-refractivity contribution < 1.29 is 23.1 Å². The highest BCUT2D eigenvalue weighted by Crippen LogP contribution is 2.64. The molecule has 36 heavy (non-hydrogen) atoms. The number of benzene rings is 1. The van der Waals surface area contributed by atoms with Crippen LogP contribution in [0, 0.1) is 22.7 Å². The van der Waals surface area contributed by atoms with Crippen molar-refractivity contribution >= 4 is 27.6 Å². The fraction of sp³-hybridized carbons (Fsp3) is 0.680. The van der Waals surface area contributed by atoms with E-state index in [2.05, 4.69) is 16.0 Å². The summed E-state index contributed by atoms with van der Waals surface area (Å²) in [4.78, 5) is 25.5. The molecule has 4 atom stereocenters. The van der Waals surface area contributed by atoms with E-state index in [0.717, 1.165) is 32.1 Å². The van der Waals surface area contributed by atoms with Gasteiger partial charge >= 0.3 is 6.03 Å². The van der Waals surface area contributed by atoms with Crippen LogP contribution in [0.15, 0.2) is 29.2 Å². The Morgan fingerprint density at radius 1 is 1.03 bits per heavy atom. The van der Waals surface area contributed by atoms with Crippen molar-refractivity contribution in [2.24, 2.45) is 33.5 Å². The molecule has 5 aliphatic rings. The second kappa shape index (κ2) is 8.97. The Hall–Kier alpha value is -2.21. The van der Waals surface area contributed by atoms with Crippen LogP contribution in [0.1, 0.15) is 57.8 Å². The zero-order valence-electron chi connectivity index (χ0n) is 20.5. The number of aliphatic hydroxyl groups excluding tert-OH is 1. The highest BCUT2D eigenvalue weighted by molar-refractivity contribution is 7.89. The number of carbonyl (C=O) groups is 2. The predicted octanol–water partition coefficient (Wildman–Crippen LogP) is 1.40. The number of nitrogens with two attached hydrogens (primary N) is 2. The Balaban J connectivity index is 1.21. The summed E-state index contributed by atoms with van der Waals surface area (Å²) in [5.74, 6) is 1.00. The number of primary sulfonamides is 1. The highest BCUT2D eigenvalue weighted by Gasteiger charge is 2.57. The average molecular weight is 520 g/mol. The summed E-state index contributed by atoms with van der Waals surface area (Å²) < 4.78 is 23.2. The third kappa shape index (κ3) is 5.11. The number of carbonyl (C=O) groups excluding carboxylic acids is 2. The molecule has 3 amide bonds. The van der Waals surface area contributed by atoms with Crippen molar-refractivity contribution in [1.82, 2.24) is 10.6 Å². The van der Waals surface area contributed by atoms with Crippen molar-refractivity contribution in [2.45, 2.75) is 74.3 Å². The van der Waals surface area contributed by atoms with E-state index in [4.69, 9.17) is 10.9 Å². The molecule has 8 N–H and O–H groups in total. The maximum atomic E-state index is 12.9. The normalized spacial score (nSPS) is 37.0. The van der Waals surface area contributed by atoms with Crippen LogP contribution in [0.5, 0.6) is 0 Å². The Kier molecular flexibility index (Phi) is 6.34. The molecule has 4 bridgehead atoms. The molecule has 5 fully saturated rings. The van der Waals surface area contributed by atoms with E-state index < -0.39 is 21.7 Å². The lowest BCUT2D eigenvalue weighted by molar-refractivity contribution is -0.132. The molecule has 0 aliphatic heterocycles. The number of anilines is 1. The van der Waals surface area contributed by atoms with E-state index in [1.54, 1.807) is 6.07 Å². The molecule has 4 unspecified atom stereocenters. The van der Waals surface area contributed by atoms with Gasteiger partial charge in [-0.3, -0.25) is 4.79 Å². The maximum Gasteiger partial charge on any atom is 0.319 e. The molecule has 0 radical (unpaired) electrons. The van der Waals surface area contributed by atoms with Crippen LogP contribution in [0.3, 0.4) is 0 Å². The molecular weight excluding hydrogens is 482 g/mol. The van der Waals surface area contributed by atoms with Crippen molar-refractivity contribution in [3.63, 3.8) is 0 Å². The molecule has 10 nitrogen and oxygen atoms in total. The Morgan fingerprint density at radius 2 is 1.67 bits per heavy atom. The lowest BCUT2D eigenvalue weighted by atomic mass is 9.44. The third-order valence-corrected chi connectivity index (χ3v) is 9.86. The fourth-order valence-corrected chi connectivity index (χ4v) is 8.52. The summed E-state index contributed by atoms with van der Waals surface area (Å²) in [5, 5.41) is 23.9. The van der Waals surface area contributed by atoms with Crippen LogP contribution in [0.2, 0.25) is 0 Å². The molecule has 5 aliphatic carbocycles. The molecular formula is C25H37N5O5S. The SMILES string of the molecule is NC1(C(=O)NCC23CC4CC(CC(CNC(=O)Nc5cccc(S(N)(=O)=O)c5)(C4)C2)C3)CCC(O)C1. The monoisotopic (exact) mass is 519 g/mol. The smallest absolute Gasteiger partial charge is 0.319 e. The summed E-state index contributed by atoms with van der Waals surface area (Å²) in [6.45, 7) is 1.12. The van der Waals surface area contributed by atoms with Gasteiger partial charge in [0, 0.05) is 25.2 Å². The lowest BCUT2D eigenvalue weighted by Gasteiger charge is -2.62. The van der Waals surface area contributed by atoms with E-state index in [1.165, 1.54) is 24.6 Å². The first-order valence-corrected chi connectivity index (χ1v) is 14.4. The minimum atomic E-state index is -3.86. The molecule has 1 aromatic rings. The number of urea groups is 1. The standard InChI is InChI=1S/C25H37N5O5S/c26-25(5-4-19(31)12-25)21(32)28-14-23-8-16-6-17(9-23)11-24(10-16,13-23)15-29-22(33)30-18-2-1-3-20(7-18)36(27,34)35/h1-3,7,16-17,19,31H,4-6,8-15,26H2,(H,28,32)(H2,27,34,35)(H2,29,30,33). The second-order valence-corrected chi connectivity index (χ2v) is 13.6. The van der Waals surface area contributed by atoms with Gasteiger partial charge in [0.05, 0.1) is 16.5 Å². The molecule has 5 saturated carbocycles. The first-order chi connectivity index (χ1) is 16.9. The summed E-state index contributed by atoms with van der Waals surface area (Å²) in [7, 11) is -3.86. The Labute approximate surface area is 212 Å². The minimum Gasteiger partial charge on any atom is -0.393 e. The van der Waals surface area contributed by atoms with Gasteiger partial charge in [0.2, 0.25) is 15.9 Å². The van der Waals surface area contributed by atoms with Crippen molar-refractivity contribution in [3.8, 4) is 0 Å². The number of aliphatic hydroxyl groups is 1. The van der Waals surface area contributed by atoms with Gasteiger partial charge in [0.15, 0.2) is 0 Å². The zero-order valence-corrected chi connectivity index (χ0v) is 21.3. The van der Waals surface area contributed by atoms with E-state index in [0.29, 0.717) is 49.9 Å². The van der Waals surface area contributed by atoms with Crippen molar-refractivity contribution in [3.05, 3.63) is 24.3 Å². The summed E-state index contributed by atoms with van der Waals surface area (Å²) in [6.07, 6.45) is 7.29. The van der Waals surface area contributed by atoms with Crippen LogP contribution in [-0.4, -0.2) is 50.2 Å². The van der Waals surface area contributed by atoms with Crippen LogP contribution in [0.4, 0.5) is 10.5 Å². The third-order valence-electron chi connectivity index (χ3n) is 8.95. The number of rotatable bonds is 7. The number of sulfonamides is 1. The molecule has 0 spiro atoms. The van der Waals surface area contributed by atoms with Gasteiger partial charge in [-0.25, -0.2) is 18.4 Å². The highest BCUT2D eigenvalue weighted by atomic mass is 32.2. The van der Waals surface area contributed by atoms with Gasteiger partial charge in [0.25, 0.3) is 0 Å². The van der Waals surface area contributed by atoms with E-state index in [-0.39, 0.29) is 27.7 Å². The number of hydrogen-bond acceptors (Lipinski definition) is 6. The molecule has 0 aromatic heterocycles. The van der Waals surface area contributed by atoms with Gasteiger partial charge in [-0.2, -0.15) is 0 Å². The number of hydrogen-bond donors (Lipinski definition) is 6. The molecule has 1 aromatic carbocycles. The van der Waals surface area contributed by atoms with Crippen LogP contribution < -0.4 is 26.8 Å². The van der Waals surface area contributed by atoms with Crippen molar-refractivity contribution in [1.29, 1.82) is 0 Å². The largest absolute Gasteiger partial charge is 0.393 e. The maximum absolute atomic E-state index is 12.9. The van der Waals surface area contributed by atoms with Gasteiger partial charge in [-0.05, 0) is 92.2 Å². The molecule has 0 saturated heterocycles. The van der Waals surface area contributed by atoms with E-state index >= 15 is 0 Å². The van der Waals surface area contributed by atoms with Crippen LogP contribution in [0.25, 0.3) is 0 Å². The topological polar surface area (TPSA) is 177 Å². The van der Waals surface area contributed by atoms with Crippen LogP contribution >= 0.6 is 0 Å². The minimum absolute atomic E-state index is 0.00922. The zero-order chi connectivity index (χ0) is 25.8. The van der Waals surface area contributed by atoms with Gasteiger partial charge < -0.3 is 26.8 Å². The summed E-state index contributed by atoms with van der Waals surface area (Å²) in [5.41, 5.74) is 5.67. The average Bonchev–Trinajstić information content (AvgIpc) is 3.15. The van der Waals surface area contributed by atoms with Crippen molar-refractivity contribution in [2.75, 3.05) is 18.4 Å². The number of amides is 3. The first kappa shape index (κ1) is 25.4. The van der Waals surface area contributed by atoms with Gasteiger partial charge in [-0.1, -0.05) is 6.07 Å². The van der Waals surface area contributed by atoms with E-state index in [9.17, 15) is 23.1 Å². The fourth-order valence-electron chi connectivity index (χ4n) is 7.96. The summed E-state index contributed by atoms with van der Waals surface area (Å²) >= 11 is 0.